The summed E-state index contributed by atoms with van der Waals surface area (Å²) in [5.41, 5.74) is -0.193. The van der Waals surface area contributed by atoms with Gasteiger partial charge in [-0.2, -0.15) is 0 Å². The van der Waals surface area contributed by atoms with E-state index >= 15 is 0 Å². The number of carbonyl (C=O) groups excluding carboxylic acids is 1. The van der Waals surface area contributed by atoms with Gasteiger partial charge in [-0.3, -0.25) is 14.9 Å². The lowest BCUT2D eigenvalue weighted by Gasteiger charge is -2.07. The van der Waals surface area contributed by atoms with E-state index in [9.17, 15) is 19.3 Å². The van der Waals surface area contributed by atoms with Gasteiger partial charge in [-0.25, -0.2) is 4.39 Å². The highest BCUT2D eigenvalue weighted by Crippen LogP contribution is 2.26. The number of amides is 1. The molecule has 0 unspecified atom stereocenters. The van der Waals surface area contributed by atoms with Crippen LogP contribution >= 0.6 is 31.9 Å². The molecule has 0 fully saturated rings. The van der Waals surface area contributed by atoms with E-state index in [-0.39, 0.29) is 21.4 Å². The molecule has 108 valence electrons. The molecule has 8 heteroatoms. The second kappa shape index (κ2) is 6.31. The second-order valence-corrected chi connectivity index (χ2v) is 5.77. The molecule has 0 aliphatic heterocycles. The van der Waals surface area contributed by atoms with Crippen LogP contribution < -0.4 is 5.32 Å². The summed E-state index contributed by atoms with van der Waals surface area (Å²) < 4.78 is 14.4. The van der Waals surface area contributed by atoms with E-state index in [4.69, 9.17) is 0 Å². The number of carbonyl (C=O) groups is 1. The van der Waals surface area contributed by atoms with Gasteiger partial charge in [0.1, 0.15) is 5.82 Å². The molecule has 0 saturated heterocycles. The van der Waals surface area contributed by atoms with Crippen LogP contribution in [0.15, 0.2) is 45.3 Å². The fraction of sp³-hybridized carbons (Fsp3) is 0. The van der Waals surface area contributed by atoms with Crippen molar-refractivity contribution < 1.29 is 14.1 Å². The molecule has 0 atom stereocenters. The summed E-state index contributed by atoms with van der Waals surface area (Å²) in [7, 11) is 0. The molecule has 1 N–H and O–H groups in total. The molecule has 0 aliphatic carbocycles. The third-order valence-corrected chi connectivity index (χ3v) is 3.75. The average molecular weight is 418 g/mol. The van der Waals surface area contributed by atoms with Crippen molar-refractivity contribution in [3.63, 3.8) is 0 Å². The number of nitrogens with zero attached hydrogens (tertiary/aromatic N) is 1. The Kier molecular flexibility index (Phi) is 4.69. The predicted molar refractivity (Wildman–Crippen MR) is 82.8 cm³/mol. The standard InChI is InChI=1S/C13H7Br2FN2O3/c14-8-2-4-10(16)11(6-8)17-13(19)7-1-3-9(15)12(5-7)18(20)21/h1-6H,(H,17,19). The SMILES string of the molecule is O=C(Nc1cc(Br)ccc1F)c1ccc(Br)c([N+](=O)[O-])c1. The minimum absolute atomic E-state index is 0.0139. The highest BCUT2D eigenvalue weighted by molar-refractivity contribution is 9.10. The molecule has 0 radical (unpaired) electrons. The van der Waals surface area contributed by atoms with Crippen molar-refractivity contribution in [2.45, 2.75) is 0 Å². The van der Waals surface area contributed by atoms with E-state index in [2.05, 4.69) is 37.2 Å². The van der Waals surface area contributed by atoms with Crippen LogP contribution in [0.3, 0.4) is 0 Å². The lowest BCUT2D eigenvalue weighted by Crippen LogP contribution is -2.13. The summed E-state index contributed by atoms with van der Waals surface area (Å²) in [6, 6.07) is 8.02. The van der Waals surface area contributed by atoms with Gasteiger partial charge < -0.3 is 5.32 Å². The Balaban J connectivity index is 2.30. The molecule has 21 heavy (non-hydrogen) atoms. The maximum absolute atomic E-state index is 13.6. The van der Waals surface area contributed by atoms with Crippen molar-refractivity contribution in [3.05, 3.63) is 66.8 Å². The molecule has 0 aliphatic rings. The van der Waals surface area contributed by atoms with Gasteiger partial charge in [-0.1, -0.05) is 15.9 Å². The van der Waals surface area contributed by atoms with Gasteiger partial charge in [0.15, 0.2) is 0 Å². The minimum atomic E-state index is -0.636. The van der Waals surface area contributed by atoms with Crippen LogP contribution in [-0.2, 0) is 0 Å². The van der Waals surface area contributed by atoms with Gasteiger partial charge in [0.2, 0.25) is 0 Å². The van der Waals surface area contributed by atoms with E-state index in [1.165, 1.54) is 30.3 Å². The van der Waals surface area contributed by atoms with Crippen molar-refractivity contribution in [1.82, 2.24) is 0 Å². The van der Waals surface area contributed by atoms with Crippen molar-refractivity contribution in [1.29, 1.82) is 0 Å². The van der Waals surface area contributed by atoms with E-state index in [1.807, 2.05) is 0 Å². The van der Waals surface area contributed by atoms with Gasteiger partial charge in [0, 0.05) is 16.1 Å². The maximum atomic E-state index is 13.6. The quantitative estimate of drug-likeness (QED) is 0.589. The summed E-state index contributed by atoms with van der Waals surface area (Å²) >= 11 is 6.20. The summed E-state index contributed by atoms with van der Waals surface area (Å²) in [6.45, 7) is 0. The minimum Gasteiger partial charge on any atom is -0.319 e. The van der Waals surface area contributed by atoms with Crippen LogP contribution in [0, 0.1) is 15.9 Å². The van der Waals surface area contributed by atoms with E-state index in [1.54, 1.807) is 0 Å². The number of benzene rings is 2. The van der Waals surface area contributed by atoms with Crippen LogP contribution in [0.25, 0.3) is 0 Å². The predicted octanol–water partition coefficient (Wildman–Crippen LogP) is 4.51. The van der Waals surface area contributed by atoms with Crippen molar-refractivity contribution in [2.24, 2.45) is 0 Å². The summed E-state index contributed by atoms with van der Waals surface area (Å²) in [5, 5.41) is 13.2. The Morgan fingerprint density at radius 1 is 1.19 bits per heavy atom. The molecular weight excluding hydrogens is 411 g/mol. The molecule has 0 aromatic heterocycles. The van der Waals surface area contributed by atoms with Crippen LogP contribution in [0.2, 0.25) is 0 Å². The molecule has 0 saturated carbocycles. The number of nitrogens with one attached hydrogen (secondary N) is 1. The first kappa shape index (κ1) is 15.6. The first-order chi connectivity index (χ1) is 9.88. The van der Waals surface area contributed by atoms with Gasteiger partial charge in [-0.15, -0.1) is 0 Å². The van der Waals surface area contributed by atoms with Crippen molar-refractivity contribution >= 4 is 49.1 Å². The first-order valence-electron chi connectivity index (χ1n) is 5.59. The Labute approximate surface area is 135 Å². The topological polar surface area (TPSA) is 72.2 Å². The third kappa shape index (κ3) is 3.64. The zero-order chi connectivity index (χ0) is 15.6. The number of nitro groups is 1. The molecule has 0 heterocycles. The monoisotopic (exact) mass is 416 g/mol. The molecule has 2 aromatic rings. The zero-order valence-corrected chi connectivity index (χ0v) is 13.4. The molecule has 1 amide bonds. The molecule has 5 nitrogen and oxygen atoms in total. The molecule has 0 bridgehead atoms. The fourth-order valence-corrected chi connectivity index (χ4v) is 2.33. The Bertz CT molecular complexity index is 737. The largest absolute Gasteiger partial charge is 0.319 e. The van der Waals surface area contributed by atoms with Gasteiger partial charge >= 0.3 is 0 Å². The van der Waals surface area contributed by atoms with Crippen LogP contribution in [-0.4, -0.2) is 10.8 Å². The summed E-state index contributed by atoms with van der Waals surface area (Å²) in [6.07, 6.45) is 0. The zero-order valence-electron chi connectivity index (χ0n) is 10.3. The number of halogens is 3. The maximum Gasteiger partial charge on any atom is 0.284 e. The van der Waals surface area contributed by atoms with Crippen molar-refractivity contribution in [3.8, 4) is 0 Å². The molecule has 2 aromatic carbocycles. The Hall–Kier alpha value is -1.80. The van der Waals surface area contributed by atoms with Crippen LogP contribution in [0.4, 0.5) is 15.8 Å². The van der Waals surface area contributed by atoms with Crippen LogP contribution in [0.5, 0.6) is 0 Å². The average Bonchev–Trinajstić information content (AvgIpc) is 2.43. The fourth-order valence-electron chi connectivity index (χ4n) is 1.58. The van der Waals surface area contributed by atoms with Gasteiger partial charge in [0.25, 0.3) is 11.6 Å². The molecule has 0 spiro atoms. The summed E-state index contributed by atoms with van der Waals surface area (Å²) in [5.74, 6) is -1.24. The lowest BCUT2D eigenvalue weighted by molar-refractivity contribution is -0.385. The highest BCUT2D eigenvalue weighted by Gasteiger charge is 2.17. The van der Waals surface area contributed by atoms with E-state index in [0.29, 0.717) is 4.47 Å². The molecule has 2 rings (SSSR count). The molecular formula is C13H7Br2FN2O3. The Morgan fingerprint density at radius 2 is 1.90 bits per heavy atom. The van der Waals surface area contributed by atoms with Gasteiger partial charge in [-0.05, 0) is 46.3 Å². The lowest BCUT2D eigenvalue weighted by atomic mass is 10.2. The van der Waals surface area contributed by atoms with E-state index in [0.717, 1.165) is 6.07 Å². The Morgan fingerprint density at radius 3 is 2.57 bits per heavy atom. The number of nitro benzene ring substituents is 1. The van der Waals surface area contributed by atoms with E-state index < -0.39 is 16.6 Å². The number of anilines is 1. The normalized spacial score (nSPS) is 10.2. The highest BCUT2D eigenvalue weighted by atomic mass is 79.9. The number of rotatable bonds is 3. The van der Waals surface area contributed by atoms with Crippen molar-refractivity contribution in [2.75, 3.05) is 5.32 Å². The second-order valence-electron chi connectivity index (χ2n) is 4.00. The smallest absolute Gasteiger partial charge is 0.284 e. The number of hydrogen-bond donors (Lipinski definition) is 1. The summed E-state index contributed by atoms with van der Waals surface area (Å²) in [4.78, 5) is 22.3. The first-order valence-corrected chi connectivity index (χ1v) is 7.17. The third-order valence-electron chi connectivity index (χ3n) is 2.58. The number of hydrogen-bond acceptors (Lipinski definition) is 3. The van der Waals surface area contributed by atoms with Crippen LogP contribution in [0.1, 0.15) is 10.4 Å². The van der Waals surface area contributed by atoms with Gasteiger partial charge in [0.05, 0.1) is 15.1 Å².